The van der Waals surface area contributed by atoms with E-state index in [4.69, 9.17) is 4.99 Å². The Kier molecular flexibility index (Phi) is 3.27. The molecule has 0 amide bonds. The van der Waals surface area contributed by atoms with Gasteiger partial charge in [0.2, 0.25) is 0 Å². The number of benzene rings is 2. The molecule has 1 aliphatic heterocycles. The van der Waals surface area contributed by atoms with Crippen LogP contribution in [-0.4, -0.2) is 30.7 Å². The Morgan fingerprint density at radius 3 is 2.74 bits per heavy atom. The molecule has 27 heavy (non-hydrogen) atoms. The van der Waals surface area contributed by atoms with E-state index >= 15 is 0 Å². The van der Waals surface area contributed by atoms with Crippen molar-refractivity contribution in [3.63, 3.8) is 0 Å². The summed E-state index contributed by atoms with van der Waals surface area (Å²) in [4.78, 5) is 21.3. The van der Waals surface area contributed by atoms with Crippen LogP contribution in [-0.2, 0) is 7.05 Å². The lowest BCUT2D eigenvalue weighted by molar-refractivity contribution is 0.629. The van der Waals surface area contributed by atoms with Crippen molar-refractivity contribution in [2.24, 2.45) is 12.0 Å². The predicted octanol–water partition coefficient (Wildman–Crippen LogP) is 2.46. The lowest BCUT2D eigenvalue weighted by Crippen LogP contribution is -2.25. The summed E-state index contributed by atoms with van der Waals surface area (Å²) >= 11 is 0. The first-order valence-electron chi connectivity index (χ1n) is 8.33. The molecule has 2 aromatic carbocycles. The normalized spacial score (nSPS) is 15.8. The van der Waals surface area contributed by atoms with Crippen molar-refractivity contribution in [3.05, 3.63) is 82.0 Å². The molecule has 3 heterocycles. The molecule has 1 atom stereocenters. The van der Waals surface area contributed by atoms with Gasteiger partial charge in [-0.3, -0.25) is 14.5 Å². The number of aliphatic imine (C=N–C) groups is 1. The molecular formula is C19H13FN6O. The zero-order valence-corrected chi connectivity index (χ0v) is 14.2. The van der Waals surface area contributed by atoms with E-state index < -0.39 is 17.3 Å². The van der Waals surface area contributed by atoms with E-state index in [2.05, 4.69) is 20.3 Å². The first-order valence-corrected chi connectivity index (χ1v) is 8.33. The highest BCUT2D eigenvalue weighted by Crippen LogP contribution is 2.40. The van der Waals surface area contributed by atoms with E-state index in [1.165, 1.54) is 18.5 Å². The van der Waals surface area contributed by atoms with Crippen LogP contribution in [0.5, 0.6) is 0 Å². The third-order valence-corrected chi connectivity index (χ3v) is 4.72. The van der Waals surface area contributed by atoms with Crippen molar-refractivity contribution in [1.82, 2.24) is 25.0 Å². The minimum absolute atomic E-state index is 0.220. The first kappa shape index (κ1) is 15.6. The highest BCUT2D eigenvalue weighted by Gasteiger charge is 2.34. The van der Waals surface area contributed by atoms with Crippen LogP contribution in [0.25, 0.3) is 10.8 Å². The van der Waals surface area contributed by atoms with Crippen LogP contribution in [0.3, 0.4) is 0 Å². The highest BCUT2D eigenvalue weighted by atomic mass is 19.1. The average molecular weight is 360 g/mol. The van der Waals surface area contributed by atoms with Crippen LogP contribution >= 0.6 is 0 Å². The largest absolute Gasteiger partial charge is 0.272 e. The van der Waals surface area contributed by atoms with Crippen molar-refractivity contribution >= 4 is 22.2 Å². The molecule has 1 N–H and O–H groups in total. The van der Waals surface area contributed by atoms with Crippen LogP contribution in [0, 0.1) is 5.82 Å². The summed E-state index contributed by atoms with van der Waals surface area (Å²) in [7, 11) is 1.79. The first-order chi connectivity index (χ1) is 13.1. The fraction of sp³-hybridized carbons (Fsp3) is 0.105. The average Bonchev–Trinajstić information content (AvgIpc) is 3.10. The summed E-state index contributed by atoms with van der Waals surface area (Å²) in [5.41, 5.74) is 2.04. The molecule has 0 unspecified atom stereocenters. The van der Waals surface area contributed by atoms with E-state index in [0.29, 0.717) is 28.3 Å². The van der Waals surface area contributed by atoms with Gasteiger partial charge >= 0.3 is 0 Å². The molecule has 2 aromatic heterocycles. The van der Waals surface area contributed by atoms with E-state index in [9.17, 15) is 9.18 Å². The Morgan fingerprint density at radius 1 is 1.19 bits per heavy atom. The fourth-order valence-corrected chi connectivity index (χ4v) is 3.54. The molecule has 0 aliphatic carbocycles. The van der Waals surface area contributed by atoms with Gasteiger partial charge in [-0.15, -0.1) is 0 Å². The number of aryl methyl sites for hydroxylation is 1. The van der Waals surface area contributed by atoms with Gasteiger partial charge in [-0.05, 0) is 11.6 Å². The van der Waals surface area contributed by atoms with Crippen LogP contribution < -0.4 is 5.56 Å². The summed E-state index contributed by atoms with van der Waals surface area (Å²) in [5.74, 6) is -0.334. The lowest BCUT2D eigenvalue weighted by Gasteiger charge is -2.24. The number of nitrogens with zero attached hydrogens (tertiary/aromatic N) is 5. The van der Waals surface area contributed by atoms with Crippen LogP contribution in [0.4, 0.5) is 10.1 Å². The minimum atomic E-state index is -0.520. The molecule has 0 bridgehead atoms. The lowest BCUT2D eigenvalue weighted by atomic mass is 9.87. The van der Waals surface area contributed by atoms with Gasteiger partial charge in [-0.1, -0.05) is 30.3 Å². The maximum absolute atomic E-state index is 14.1. The third-order valence-electron chi connectivity index (χ3n) is 4.72. The van der Waals surface area contributed by atoms with Gasteiger partial charge in [0.25, 0.3) is 5.56 Å². The molecule has 0 spiro atoms. The number of rotatable bonds is 2. The zero-order valence-electron chi connectivity index (χ0n) is 14.2. The van der Waals surface area contributed by atoms with E-state index in [-0.39, 0.29) is 5.39 Å². The number of hydrogen-bond donors (Lipinski definition) is 1. The van der Waals surface area contributed by atoms with Crippen molar-refractivity contribution in [2.45, 2.75) is 5.92 Å². The Balaban J connectivity index is 1.91. The summed E-state index contributed by atoms with van der Waals surface area (Å²) in [5, 5.41) is 11.7. The Morgan fingerprint density at radius 2 is 2.00 bits per heavy atom. The number of halogens is 1. The summed E-state index contributed by atoms with van der Waals surface area (Å²) in [6, 6.07) is 12.1. The van der Waals surface area contributed by atoms with Gasteiger partial charge in [-0.25, -0.2) is 14.5 Å². The number of nitrogens with one attached hydrogen (secondary N) is 1. The topological polar surface area (TPSA) is 88.8 Å². The van der Waals surface area contributed by atoms with Gasteiger partial charge in [-0.2, -0.15) is 10.2 Å². The SMILES string of the molecule is Cn1ncnc1[C@@H]1C(c2ccccc2)=Nc2cc(F)cc3c(=O)[nH]nc1c23. The smallest absolute Gasteiger partial charge is 0.267 e. The molecular weight excluding hydrogens is 347 g/mol. The van der Waals surface area contributed by atoms with Crippen LogP contribution in [0.1, 0.15) is 23.0 Å². The van der Waals surface area contributed by atoms with Gasteiger partial charge in [0.05, 0.1) is 22.5 Å². The molecule has 0 saturated heterocycles. The summed E-state index contributed by atoms with van der Waals surface area (Å²) in [6.45, 7) is 0. The molecule has 1 aliphatic rings. The van der Waals surface area contributed by atoms with Gasteiger partial charge < -0.3 is 0 Å². The van der Waals surface area contributed by atoms with Crippen molar-refractivity contribution in [3.8, 4) is 0 Å². The molecule has 7 nitrogen and oxygen atoms in total. The molecule has 4 aromatic rings. The highest BCUT2D eigenvalue weighted by molar-refractivity contribution is 6.14. The van der Waals surface area contributed by atoms with Gasteiger partial charge in [0.15, 0.2) is 0 Å². The second-order valence-electron chi connectivity index (χ2n) is 6.32. The number of hydrogen-bond acceptors (Lipinski definition) is 5. The molecule has 8 heteroatoms. The van der Waals surface area contributed by atoms with Gasteiger partial charge in [0.1, 0.15) is 23.9 Å². The molecule has 0 fully saturated rings. The molecule has 0 radical (unpaired) electrons. The Hall–Kier alpha value is -3.68. The van der Waals surface area contributed by atoms with Crippen molar-refractivity contribution in [1.29, 1.82) is 0 Å². The monoisotopic (exact) mass is 360 g/mol. The molecule has 0 saturated carbocycles. The van der Waals surface area contributed by atoms with Crippen LogP contribution in [0.15, 0.2) is 58.6 Å². The second kappa shape index (κ2) is 5.66. The summed E-state index contributed by atoms with van der Waals surface area (Å²) < 4.78 is 15.8. The quantitative estimate of drug-likeness (QED) is 0.595. The fourth-order valence-electron chi connectivity index (χ4n) is 3.54. The van der Waals surface area contributed by atoms with E-state index in [1.807, 2.05) is 30.3 Å². The predicted molar refractivity (Wildman–Crippen MR) is 97.8 cm³/mol. The van der Waals surface area contributed by atoms with Gasteiger partial charge in [0, 0.05) is 18.5 Å². The van der Waals surface area contributed by atoms with Crippen LogP contribution in [0.2, 0.25) is 0 Å². The third kappa shape index (κ3) is 2.30. The number of aromatic amines is 1. The van der Waals surface area contributed by atoms with Crippen molar-refractivity contribution < 1.29 is 4.39 Å². The zero-order chi connectivity index (χ0) is 18.5. The molecule has 132 valence electrons. The minimum Gasteiger partial charge on any atom is -0.267 e. The number of aromatic nitrogens is 5. The maximum atomic E-state index is 14.1. The molecule has 5 rings (SSSR count). The summed E-state index contributed by atoms with van der Waals surface area (Å²) in [6.07, 6.45) is 1.46. The standard InChI is InChI=1S/C19H13FN6O/c1-26-18(21-9-22-26)15-16(10-5-3-2-4-6-10)23-13-8-11(20)7-12-14(13)17(15)24-25-19(12)27/h2-9,15H,1H3,(H,25,27)/t15-/m1/s1. The number of H-pyrrole nitrogens is 1. The maximum Gasteiger partial charge on any atom is 0.272 e. The second-order valence-corrected chi connectivity index (χ2v) is 6.32. The van der Waals surface area contributed by atoms with E-state index in [0.717, 1.165) is 5.56 Å². The Labute approximate surface area is 152 Å². The van der Waals surface area contributed by atoms with Crippen molar-refractivity contribution in [2.75, 3.05) is 0 Å². The van der Waals surface area contributed by atoms with E-state index in [1.54, 1.807) is 11.7 Å². The Bertz CT molecular complexity index is 1270.